The van der Waals surface area contributed by atoms with Crippen molar-refractivity contribution in [2.24, 2.45) is 0 Å². The van der Waals surface area contributed by atoms with E-state index in [1.807, 2.05) is 42.5 Å². The molecule has 7 nitrogen and oxygen atoms in total. The predicted molar refractivity (Wildman–Crippen MR) is 108 cm³/mol. The molecule has 146 valence electrons. The number of aliphatic hydroxyl groups is 1. The first-order valence-electron chi connectivity index (χ1n) is 9.28. The highest BCUT2D eigenvalue weighted by molar-refractivity contribution is 5.88. The average molecular weight is 380 g/mol. The van der Waals surface area contributed by atoms with Crippen LogP contribution in [0.25, 0.3) is 6.08 Å². The summed E-state index contributed by atoms with van der Waals surface area (Å²) in [6.07, 6.45) is 8.02. The number of nitrogens with zero attached hydrogens (tertiary/aromatic N) is 4. The van der Waals surface area contributed by atoms with E-state index in [1.54, 1.807) is 6.92 Å². The Bertz CT molecular complexity index is 826. The number of anilines is 1. The third kappa shape index (κ3) is 4.88. The van der Waals surface area contributed by atoms with Gasteiger partial charge in [-0.1, -0.05) is 36.4 Å². The van der Waals surface area contributed by atoms with Crippen LogP contribution < -0.4 is 4.90 Å². The summed E-state index contributed by atoms with van der Waals surface area (Å²) < 4.78 is 4.95. The maximum absolute atomic E-state index is 11.7. The molecule has 1 saturated heterocycles. The largest absolute Gasteiger partial charge is 0.513 e. The molecule has 28 heavy (non-hydrogen) atoms. The van der Waals surface area contributed by atoms with Crippen LogP contribution in [-0.4, -0.2) is 58.7 Å². The van der Waals surface area contributed by atoms with Crippen molar-refractivity contribution in [3.8, 4) is 0 Å². The van der Waals surface area contributed by atoms with Crippen molar-refractivity contribution >= 4 is 18.0 Å². The van der Waals surface area contributed by atoms with Crippen LogP contribution in [0.3, 0.4) is 0 Å². The lowest BCUT2D eigenvalue weighted by atomic mass is 10.2. The number of aromatic nitrogens is 2. The van der Waals surface area contributed by atoms with Crippen LogP contribution >= 0.6 is 0 Å². The van der Waals surface area contributed by atoms with Gasteiger partial charge in [-0.3, -0.25) is 0 Å². The molecule has 0 aliphatic carbocycles. The normalized spacial score (nSPS) is 15.1. The third-order valence-corrected chi connectivity index (χ3v) is 4.46. The summed E-state index contributed by atoms with van der Waals surface area (Å²) in [6, 6.07) is 9.96. The van der Waals surface area contributed by atoms with E-state index in [4.69, 9.17) is 4.74 Å². The van der Waals surface area contributed by atoms with Crippen molar-refractivity contribution in [2.75, 3.05) is 37.7 Å². The Kier molecular flexibility index (Phi) is 6.62. The molecule has 1 fully saturated rings. The predicted octanol–water partition coefficient (Wildman–Crippen LogP) is 2.89. The van der Waals surface area contributed by atoms with E-state index in [1.165, 1.54) is 12.4 Å². The summed E-state index contributed by atoms with van der Waals surface area (Å²) in [5.41, 5.74) is 2.19. The molecule has 0 bridgehead atoms. The molecule has 3 rings (SSSR count). The van der Waals surface area contributed by atoms with Gasteiger partial charge >= 0.3 is 5.97 Å². The molecule has 0 atom stereocenters. The highest BCUT2D eigenvalue weighted by atomic mass is 16.5. The Morgan fingerprint density at radius 2 is 1.82 bits per heavy atom. The van der Waals surface area contributed by atoms with Crippen molar-refractivity contribution in [3.05, 3.63) is 71.9 Å². The van der Waals surface area contributed by atoms with Crippen LogP contribution in [0, 0.1) is 0 Å². The van der Waals surface area contributed by atoms with Gasteiger partial charge in [0, 0.05) is 38.6 Å². The molecule has 0 spiro atoms. The van der Waals surface area contributed by atoms with Crippen molar-refractivity contribution < 1.29 is 14.6 Å². The second-order valence-electron chi connectivity index (χ2n) is 6.26. The summed E-state index contributed by atoms with van der Waals surface area (Å²) in [5, 5.41) is 9.63. The Hall–Kier alpha value is -3.35. The lowest BCUT2D eigenvalue weighted by Crippen LogP contribution is -2.46. The van der Waals surface area contributed by atoms with Crippen molar-refractivity contribution in [3.63, 3.8) is 0 Å². The van der Waals surface area contributed by atoms with Crippen LogP contribution in [0.15, 0.2) is 60.8 Å². The number of allylic oxidation sites excluding steroid dienone is 1. The first kappa shape index (κ1) is 19.4. The zero-order valence-corrected chi connectivity index (χ0v) is 15.9. The van der Waals surface area contributed by atoms with Crippen molar-refractivity contribution in [1.82, 2.24) is 14.9 Å². The van der Waals surface area contributed by atoms with E-state index in [2.05, 4.69) is 19.8 Å². The second-order valence-corrected chi connectivity index (χ2v) is 6.26. The molecule has 1 N–H and O–H groups in total. The first-order chi connectivity index (χ1) is 13.7. The maximum atomic E-state index is 11.7. The lowest BCUT2D eigenvalue weighted by molar-refractivity contribution is 0.0525. The molecule has 1 aromatic carbocycles. The molecule has 0 amide bonds. The fraction of sp³-hybridized carbons (Fsp3) is 0.286. The SMILES string of the molecule is CCOC(=O)c1cnc(N2CCN(C(/C=C/c3ccccc3)=C/O)CC2)nc1. The van der Waals surface area contributed by atoms with E-state index in [9.17, 15) is 9.90 Å². The second kappa shape index (κ2) is 9.55. The zero-order valence-electron chi connectivity index (χ0n) is 15.9. The first-order valence-corrected chi connectivity index (χ1v) is 9.28. The van der Waals surface area contributed by atoms with Gasteiger partial charge in [-0.05, 0) is 18.6 Å². The number of rotatable bonds is 6. The van der Waals surface area contributed by atoms with E-state index in [-0.39, 0.29) is 0 Å². The Balaban J connectivity index is 1.57. The molecular weight excluding hydrogens is 356 g/mol. The number of carbonyl (C=O) groups excluding carboxylic acids is 1. The van der Waals surface area contributed by atoms with E-state index < -0.39 is 5.97 Å². The van der Waals surface area contributed by atoms with Gasteiger partial charge in [0.1, 0.15) is 6.26 Å². The maximum Gasteiger partial charge on any atom is 0.341 e. The van der Waals surface area contributed by atoms with E-state index >= 15 is 0 Å². The van der Waals surface area contributed by atoms with Crippen LogP contribution in [0.5, 0.6) is 0 Å². The number of hydrogen-bond donors (Lipinski definition) is 1. The number of carbonyl (C=O) groups is 1. The van der Waals surface area contributed by atoms with Gasteiger partial charge in [0.05, 0.1) is 17.9 Å². The fourth-order valence-corrected chi connectivity index (χ4v) is 2.94. The van der Waals surface area contributed by atoms with Gasteiger partial charge in [-0.15, -0.1) is 0 Å². The molecule has 2 aromatic rings. The van der Waals surface area contributed by atoms with Crippen LogP contribution in [0.1, 0.15) is 22.8 Å². The fourth-order valence-electron chi connectivity index (χ4n) is 2.94. The topological polar surface area (TPSA) is 78.8 Å². The summed E-state index contributed by atoms with van der Waals surface area (Å²) in [6.45, 7) is 4.98. The van der Waals surface area contributed by atoms with Crippen molar-refractivity contribution in [2.45, 2.75) is 6.92 Å². The molecule has 1 aliphatic heterocycles. The minimum absolute atomic E-state index is 0.321. The van der Waals surface area contributed by atoms with Gasteiger partial charge in [-0.25, -0.2) is 14.8 Å². The van der Waals surface area contributed by atoms with Gasteiger partial charge in [0.15, 0.2) is 0 Å². The van der Waals surface area contributed by atoms with Crippen LogP contribution in [0.4, 0.5) is 5.95 Å². The van der Waals surface area contributed by atoms with Gasteiger partial charge in [-0.2, -0.15) is 0 Å². The molecule has 0 radical (unpaired) electrons. The molecule has 0 unspecified atom stereocenters. The Morgan fingerprint density at radius 3 is 2.43 bits per heavy atom. The molecular formula is C21H24N4O3. The zero-order chi connectivity index (χ0) is 19.8. The smallest absolute Gasteiger partial charge is 0.341 e. The highest BCUT2D eigenvalue weighted by Gasteiger charge is 2.20. The van der Waals surface area contributed by atoms with E-state index in [0.29, 0.717) is 18.1 Å². The minimum atomic E-state index is -0.415. The number of piperazine rings is 1. The average Bonchev–Trinajstić information content (AvgIpc) is 2.76. The number of esters is 1. The molecule has 0 saturated carbocycles. The standard InChI is InChI=1S/C21H24N4O3/c1-2-28-20(27)18-14-22-21(23-15-18)25-12-10-24(11-13-25)19(16-26)9-8-17-6-4-3-5-7-17/h3-9,14-16,26H,2,10-13H2,1H3/b9-8+,19-16+. The van der Waals surface area contributed by atoms with Crippen LogP contribution in [-0.2, 0) is 4.74 Å². The lowest BCUT2D eigenvalue weighted by Gasteiger charge is -2.36. The summed E-state index contributed by atoms with van der Waals surface area (Å²) in [4.78, 5) is 24.4. The Morgan fingerprint density at radius 1 is 1.14 bits per heavy atom. The molecule has 2 heterocycles. The highest BCUT2D eigenvalue weighted by Crippen LogP contribution is 2.16. The number of benzene rings is 1. The quantitative estimate of drug-likeness (QED) is 0.469. The van der Waals surface area contributed by atoms with Gasteiger partial charge < -0.3 is 19.6 Å². The number of hydrogen-bond acceptors (Lipinski definition) is 7. The van der Waals surface area contributed by atoms with Crippen molar-refractivity contribution in [1.29, 1.82) is 0 Å². The molecule has 1 aromatic heterocycles. The third-order valence-electron chi connectivity index (χ3n) is 4.46. The number of aliphatic hydroxyl groups excluding tert-OH is 1. The van der Waals surface area contributed by atoms with E-state index in [0.717, 1.165) is 43.7 Å². The minimum Gasteiger partial charge on any atom is -0.513 e. The Labute approximate surface area is 164 Å². The summed E-state index contributed by atoms with van der Waals surface area (Å²) >= 11 is 0. The molecule has 1 aliphatic rings. The monoisotopic (exact) mass is 380 g/mol. The molecule has 7 heteroatoms. The summed E-state index contributed by atoms with van der Waals surface area (Å²) in [7, 11) is 0. The van der Waals surface area contributed by atoms with Gasteiger partial charge in [0.25, 0.3) is 0 Å². The van der Waals surface area contributed by atoms with Crippen LogP contribution in [0.2, 0.25) is 0 Å². The summed E-state index contributed by atoms with van der Waals surface area (Å²) in [5.74, 6) is 0.170. The number of ether oxygens (including phenoxy) is 1. The van der Waals surface area contributed by atoms with Gasteiger partial charge in [0.2, 0.25) is 5.95 Å².